The van der Waals surface area contributed by atoms with Gasteiger partial charge in [0, 0.05) is 6.54 Å². The number of aromatic hydroxyl groups is 1. The maximum atomic E-state index is 12.1. The van der Waals surface area contributed by atoms with Crippen molar-refractivity contribution in [3.63, 3.8) is 0 Å². The molecule has 7 heteroatoms. The summed E-state index contributed by atoms with van der Waals surface area (Å²) < 4.78 is 26.7. The van der Waals surface area contributed by atoms with Crippen LogP contribution in [0.15, 0.2) is 53.4 Å². The minimum absolute atomic E-state index is 0.0676. The maximum Gasteiger partial charge on any atom is 0.335 e. The van der Waals surface area contributed by atoms with Gasteiger partial charge in [0.25, 0.3) is 0 Å². The molecule has 0 aromatic heterocycles. The van der Waals surface area contributed by atoms with Gasteiger partial charge in [-0.25, -0.2) is 17.9 Å². The molecule has 0 unspecified atom stereocenters. The van der Waals surface area contributed by atoms with E-state index in [0.29, 0.717) is 12.8 Å². The third-order valence-corrected chi connectivity index (χ3v) is 4.72. The van der Waals surface area contributed by atoms with Crippen molar-refractivity contribution in [1.82, 2.24) is 4.72 Å². The molecule has 0 fully saturated rings. The molecule has 0 saturated heterocycles. The molecule has 0 spiro atoms. The number of sulfonamides is 1. The number of aryl methyl sites for hydroxylation is 1. The number of nitrogens with one attached hydrogen (secondary N) is 1. The second kappa shape index (κ2) is 7.26. The fourth-order valence-electron chi connectivity index (χ4n) is 2.04. The third-order valence-electron chi connectivity index (χ3n) is 3.26. The molecule has 2 rings (SSSR count). The molecule has 0 bridgehead atoms. The number of carbonyl (C=O) groups is 1. The summed E-state index contributed by atoms with van der Waals surface area (Å²) in [7, 11) is -3.73. The average Bonchev–Trinajstić information content (AvgIpc) is 2.53. The average molecular weight is 335 g/mol. The zero-order valence-corrected chi connectivity index (χ0v) is 13.1. The Balaban J connectivity index is 1.92. The van der Waals surface area contributed by atoms with E-state index in [1.165, 1.54) is 18.2 Å². The van der Waals surface area contributed by atoms with Gasteiger partial charge in [-0.05, 0) is 48.7 Å². The van der Waals surface area contributed by atoms with Gasteiger partial charge in [0.1, 0.15) is 5.75 Å². The number of benzene rings is 2. The van der Waals surface area contributed by atoms with Crippen LogP contribution >= 0.6 is 0 Å². The highest BCUT2D eigenvalue weighted by molar-refractivity contribution is 7.89. The monoisotopic (exact) mass is 335 g/mol. The van der Waals surface area contributed by atoms with Crippen LogP contribution in [0.3, 0.4) is 0 Å². The Labute approximate surface area is 134 Å². The lowest BCUT2D eigenvalue weighted by atomic mass is 10.1. The summed E-state index contributed by atoms with van der Waals surface area (Å²) in [5.74, 6) is -0.984. The molecule has 122 valence electrons. The number of rotatable bonds is 7. The van der Waals surface area contributed by atoms with E-state index in [4.69, 9.17) is 5.11 Å². The van der Waals surface area contributed by atoms with Crippen LogP contribution in [0.1, 0.15) is 22.3 Å². The van der Waals surface area contributed by atoms with Crippen molar-refractivity contribution >= 4 is 16.0 Å². The first-order chi connectivity index (χ1) is 10.9. The third kappa shape index (κ3) is 4.80. The summed E-state index contributed by atoms with van der Waals surface area (Å²) in [6.07, 6.45) is 1.25. The molecule has 0 saturated carbocycles. The molecule has 2 aromatic rings. The first kappa shape index (κ1) is 17.0. The summed E-state index contributed by atoms with van der Waals surface area (Å²) in [6, 6.07) is 11.9. The summed E-state index contributed by atoms with van der Waals surface area (Å²) in [5, 5.41) is 18.1. The van der Waals surface area contributed by atoms with E-state index < -0.39 is 16.0 Å². The smallest absolute Gasteiger partial charge is 0.335 e. The molecule has 0 aliphatic rings. The first-order valence-corrected chi connectivity index (χ1v) is 8.48. The van der Waals surface area contributed by atoms with Gasteiger partial charge in [0.2, 0.25) is 10.0 Å². The van der Waals surface area contributed by atoms with Crippen LogP contribution in [0, 0.1) is 0 Å². The van der Waals surface area contributed by atoms with Crippen LogP contribution in [-0.4, -0.2) is 31.1 Å². The standard InChI is InChI=1S/C16H17NO5S/c18-14-8-6-12(7-9-14)3-2-10-17-23(21,22)15-5-1-4-13(11-15)16(19)20/h1,4-9,11,17-18H,2-3,10H2,(H,19,20). The zero-order chi connectivity index (χ0) is 16.9. The largest absolute Gasteiger partial charge is 0.508 e. The summed E-state index contributed by atoms with van der Waals surface area (Å²) in [4.78, 5) is 10.8. The fraction of sp³-hybridized carbons (Fsp3) is 0.188. The lowest BCUT2D eigenvalue weighted by Gasteiger charge is -2.07. The number of hydrogen-bond acceptors (Lipinski definition) is 4. The topological polar surface area (TPSA) is 104 Å². The van der Waals surface area contributed by atoms with Gasteiger partial charge in [-0.1, -0.05) is 18.2 Å². The van der Waals surface area contributed by atoms with E-state index in [9.17, 15) is 18.3 Å². The van der Waals surface area contributed by atoms with Crippen LogP contribution in [0.25, 0.3) is 0 Å². The van der Waals surface area contributed by atoms with Crippen molar-refractivity contribution in [2.75, 3.05) is 6.54 Å². The summed E-state index contributed by atoms with van der Waals surface area (Å²) in [6.45, 7) is 0.237. The Kier molecular flexibility index (Phi) is 5.36. The predicted octanol–water partition coefficient (Wildman–Crippen LogP) is 2.00. The van der Waals surface area contributed by atoms with E-state index in [0.717, 1.165) is 11.6 Å². The molecule has 0 amide bonds. The molecular weight excluding hydrogens is 318 g/mol. The Hall–Kier alpha value is -2.38. The van der Waals surface area contributed by atoms with E-state index in [2.05, 4.69) is 4.72 Å². The van der Waals surface area contributed by atoms with Gasteiger partial charge in [-0.3, -0.25) is 0 Å². The maximum absolute atomic E-state index is 12.1. The molecule has 0 heterocycles. The number of phenols is 1. The van der Waals surface area contributed by atoms with Crippen LogP contribution in [0.2, 0.25) is 0 Å². The SMILES string of the molecule is O=C(O)c1cccc(S(=O)(=O)NCCCc2ccc(O)cc2)c1. The number of carboxylic acids is 1. The van der Waals surface area contributed by atoms with Gasteiger partial charge < -0.3 is 10.2 Å². The Morgan fingerprint density at radius 2 is 1.78 bits per heavy atom. The molecule has 0 radical (unpaired) electrons. The van der Waals surface area contributed by atoms with E-state index >= 15 is 0 Å². The van der Waals surface area contributed by atoms with Crippen molar-refractivity contribution in [1.29, 1.82) is 0 Å². The molecular formula is C16H17NO5S. The highest BCUT2D eigenvalue weighted by Crippen LogP contribution is 2.13. The molecule has 2 aromatic carbocycles. The predicted molar refractivity (Wildman–Crippen MR) is 85.0 cm³/mol. The quantitative estimate of drug-likeness (QED) is 0.672. The minimum Gasteiger partial charge on any atom is -0.508 e. The van der Waals surface area contributed by atoms with Crippen molar-refractivity contribution in [2.24, 2.45) is 0 Å². The van der Waals surface area contributed by atoms with Crippen molar-refractivity contribution in [3.05, 3.63) is 59.7 Å². The molecule has 23 heavy (non-hydrogen) atoms. The normalized spacial score (nSPS) is 11.3. The molecule has 0 atom stereocenters. The van der Waals surface area contributed by atoms with Gasteiger partial charge in [-0.2, -0.15) is 0 Å². The van der Waals surface area contributed by atoms with Gasteiger partial charge in [0.15, 0.2) is 0 Å². The number of hydrogen-bond donors (Lipinski definition) is 3. The van der Waals surface area contributed by atoms with Gasteiger partial charge in [0.05, 0.1) is 10.5 Å². The van der Waals surface area contributed by atoms with Crippen molar-refractivity contribution in [3.8, 4) is 5.75 Å². The van der Waals surface area contributed by atoms with Crippen LogP contribution < -0.4 is 4.72 Å². The Morgan fingerprint density at radius 1 is 1.09 bits per heavy atom. The van der Waals surface area contributed by atoms with Gasteiger partial charge in [-0.15, -0.1) is 0 Å². The van der Waals surface area contributed by atoms with Gasteiger partial charge >= 0.3 is 5.97 Å². The molecule has 6 nitrogen and oxygen atoms in total. The second-order valence-corrected chi connectivity index (χ2v) is 6.77. The highest BCUT2D eigenvalue weighted by Gasteiger charge is 2.15. The lowest BCUT2D eigenvalue weighted by molar-refractivity contribution is 0.0696. The van der Waals surface area contributed by atoms with Crippen LogP contribution in [0.5, 0.6) is 5.75 Å². The highest BCUT2D eigenvalue weighted by atomic mass is 32.2. The summed E-state index contributed by atoms with van der Waals surface area (Å²) in [5.41, 5.74) is 0.923. The number of phenolic OH excluding ortho intramolecular Hbond substituents is 1. The first-order valence-electron chi connectivity index (χ1n) is 6.99. The van der Waals surface area contributed by atoms with Crippen molar-refractivity contribution < 1.29 is 23.4 Å². The van der Waals surface area contributed by atoms with E-state index in [1.54, 1.807) is 24.3 Å². The van der Waals surface area contributed by atoms with Crippen LogP contribution in [0.4, 0.5) is 0 Å². The Bertz CT molecular complexity index is 784. The Morgan fingerprint density at radius 3 is 2.43 bits per heavy atom. The van der Waals surface area contributed by atoms with Crippen molar-refractivity contribution in [2.45, 2.75) is 17.7 Å². The second-order valence-electron chi connectivity index (χ2n) is 5.00. The lowest BCUT2D eigenvalue weighted by Crippen LogP contribution is -2.25. The molecule has 0 aliphatic carbocycles. The fourth-order valence-corrected chi connectivity index (χ4v) is 3.16. The zero-order valence-electron chi connectivity index (χ0n) is 12.3. The number of aromatic carboxylic acids is 1. The minimum atomic E-state index is -3.73. The van der Waals surface area contributed by atoms with Crippen LogP contribution in [-0.2, 0) is 16.4 Å². The van der Waals surface area contributed by atoms with E-state index in [1.807, 2.05) is 0 Å². The molecule has 3 N–H and O–H groups in total. The number of carboxylic acid groups (broad SMARTS) is 1. The summed E-state index contributed by atoms with van der Waals surface area (Å²) >= 11 is 0. The molecule has 0 aliphatic heterocycles. The van der Waals surface area contributed by atoms with E-state index in [-0.39, 0.29) is 22.8 Å².